The maximum absolute atomic E-state index is 8.73. The predicted molar refractivity (Wildman–Crippen MR) is 49.9 cm³/mol. The van der Waals surface area contributed by atoms with Gasteiger partial charge in [0.2, 0.25) is 0 Å². The van der Waals surface area contributed by atoms with Crippen LogP contribution in [0.4, 0.5) is 0 Å². The topological polar surface area (TPSA) is 71.4 Å². The zero-order valence-electron chi connectivity index (χ0n) is 6.57. The first-order valence-electron chi connectivity index (χ1n) is 3.37. The summed E-state index contributed by atoms with van der Waals surface area (Å²) in [7, 11) is 2.36. The quantitative estimate of drug-likeness (QED) is 0.561. The minimum Gasteiger partial charge on any atom is -0.192 e. The van der Waals surface area contributed by atoms with Crippen molar-refractivity contribution < 1.29 is 0 Å². The van der Waals surface area contributed by atoms with Crippen molar-refractivity contribution in [3.63, 3.8) is 0 Å². The van der Waals surface area contributed by atoms with Crippen LogP contribution in [0.15, 0.2) is 12.1 Å². The molecular weight excluding hydrogens is 181 g/mol. The number of rotatable bonds is 0. The van der Waals surface area contributed by atoms with Crippen molar-refractivity contribution in [1.82, 2.24) is 0 Å². The lowest BCUT2D eigenvalue weighted by Gasteiger charge is -1.99. The number of nitrogens with zero attached hydrogens (tertiary/aromatic N) is 3. The van der Waals surface area contributed by atoms with Crippen LogP contribution in [0.2, 0.25) is 0 Å². The van der Waals surface area contributed by atoms with Crippen molar-refractivity contribution in [2.45, 2.75) is 0 Å². The van der Waals surface area contributed by atoms with E-state index in [2.05, 4.69) is 9.24 Å². The van der Waals surface area contributed by atoms with E-state index in [4.69, 9.17) is 15.8 Å². The molecule has 13 heavy (non-hydrogen) atoms. The van der Waals surface area contributed by atoms with Crippen molar-refractivity contribution in [3.8, 4) is 18.2 Å². The lowest BCUT2D eigenvalue weighted by molar-refractivity contribution is 1.41. The molecule has 60 valence electrons. The lowest BCUT2D eigenvalue weighted by Crippen LogP contribution is -2.02. The van der Waals surface area contributed by atoms with Crippen molar-refractivity contribution in [2.75, 3.05) is 0 Å². The molecule has 0 amide bonds. The van der Waals surface area contributed by atoms with E-state index < -0.39 is 0 Å². The summed E-state index contributed by atoms with van der Waals surface area (Å²) in [6.07, 6.45) is 0. The minimum absolute atomic E-state index is 0.150. The van der Waals surface area contributed by atoms with Crippen LogP contribution in [-0.4, -0.2) is 0 Å². The number of benzene rings is 1. The zero-order chi connectivity index (χ0) is 9.84. The van der Waals surface area contributed by atoms with Crippen LogP contribution in [0, 0.1) is 34.0 Å². The average Bonchev–Trinajstić information content (AvgIpc) is 2.17. The van der Waals surface area contributed by atoms with Crippen LogP contribution in [0.5, 0.6) is 0 Å². The van der Waals surface area contributed by atoms with Crippen LogP contribution < -0.4 is 5.30 Å². The van der Waals surface area contributed by atoms with E-state index >= 15 is 0 Å². The number of hydrogen-bond donors (Lipinski definition) is 0. The van der Waals surface area contributed by atoms with Crippen LogP contribution in [0.3, 0.4) is 0 Å². The van der Waals surface area contributed by atoms with Gasteiger partial charge in [-0.15, -0.1) is 9.24 Å². The van der Waals surface area contributed by atoms with Gasteiger partial charge in [-0.1, -0.05) is 6.07 Å². The highest BCUT2D eigenvalue weighted by atomic mass is 31.0. The first kappa shape index (κ1) is 9.21. The second-order valence-electron chi connectivity index (χ2n) is 2.29. The molecule has 4 heteroatoms. The third kappa shape index (κ3) is 1.50. The molecule has 0 N–H and O–H groups in total. The summed E-state index contributed by atoms with van der Waals surface area (Å²) in [5.41, 5.74) is 0.648. The van der Waals surface area contributed by atoms with Crippen LogP contribution in [-0.2, 0) is 0 Å². The smallest absolute Gasteiger partial charge is 0.102 e. The van der Waals surface area contributed by atoms with Gasteiger partial charge in [0.05, 0.1) is 16.7 Å². The SMILES string of the molecule is N#Cc1ccc(P)c(C#N)c1C#N. The van der Waals surface area contributed by atoms with Gasteiger partial charge in [0.25, 0.3) is 0 Å². The highest BCUT2D eigenvalue weighted by Crippen LogP contribution is 2.12. The molecule has 1 rings (SSSR count). The molecule has 0 aliphatic heterocycles. The fourth-order valence-corrected chi connectivity index (χ4v) is 1.25. The van der Waals surface area contributed by atoms with Gasteiger partial charge in [-0.3, -0.25) is 0 Å². The maximum atomic E-state index is 8.73. The van der Waals surface area contributed by atoms with Gasteiger partial charge in [-0.25, -0.2) is 0 Å². The van der Waals surface area contributed by atoms with Crippen molar-refractivity contribution >= 4 is 14.5 Å². The monoisotopic (exact) mass is 185 g/mol. The van der Waals surface area contributed by atoms with E-state index in [0.29, 0.717) is 5.30 Å². The molecule has 0 spiro atoms. The molecule has 0 saturated heterocycles. The fraction of sp³-hybridized carbons (Fsp3) is 0. The third-order valence-corrected chi connectivity index (χ3v) is 2.06. The fourth-order valence-electron chi connectivity index (χ4n) is 0.949. The first-order valence-corrected chi connectivity index (χ1v) is 3.95. The van der Waals surface area contributed by atoms with Gasteiger partial charge in [0.15, 0.2) is 0 Å². The van der Waals surface area contributed by atoms with E-state index in [1.165, 1.54) is 6.07 Å². The van der Waals surface area contributed by atoms with E-state index in [1.807, 2.05) is 18.2 Å². The Morgan fingerprint density at radius 1 is 0.923 bits per heavy atom. The largest absolute Gasteiger partial charge is 0.192 e. The minimum atomic E-state index is 0.150. The summed E-state index contributed by atoms with van der Waals surface area (Å²) >= 11 is 0. The molecule has 0 bridgehead atoms. The summed E-state index contributed by atoms with van der Waals surface area (Å²) in [5, 5.41) is 26.7. The molecular formula is C9H4N3P. The molecule has 0 aliphatic carbocycles. The summed E-state index contributed by atoms with van der Waals surface area (Å²) in [6, 6.07) is 8.77. The second kappa shape index (κ2) is 3.68. The summed E-state index contributed by atoms with van der Waals surface area (Å²) < 4.78 is 0. The van der Waals surface area contributed by atoms with Gasteiger partial charge >= 0.3 is 0 Å². The molecule has 0 fully saturated rings. The third-order valence-electron chi connectivity index (χ3n) is 1.58. The van der Waals surface area contributed by atoms with Crippen molar-refractivity contribution in [2.24, 2.45) is 0 Å². The van der Waals surface area contributed by atoms with Gasteiger partial charge in [0, 0.05) is 0 Å². The van der Waals surface area contributed by atoms with Crippen LogP contribution in [0.1, 0.15) is 16.7 Å². The highest BCUT2D eigenvalue weighted by molar-refractivity contribution is 7.27. The number of hydrogen-bond acceptors (Lipinski definition) is 3. The predicted octanol–water partition coefficient (Wildman–Crippen LogP) is 0.802. The Morgan fingerprint density at radius 2 is 1.54 bits per heavy atom. The Kier molecular flexibility index (Phi) is 2.61. The Labute approximate surface area is 78.0 Å². The van der Waals surface area contributed by atoms with E-state index in [-0.39, 0.29) is 16.7 Å². The summed E-state index contributed by atoms with van der Waals surface area (Å²) in [5.74, 6) is 0. The molecule has 3 nitrogen and oxygen atoms in total. The van der Waals surface area contributed by atoms with Crippen LogP contribution in [0.25, 0.3) is 0 Å². The normalized spacial score (nSPS) is 8.15. The van der Waals surface area contributed by atoms with Crippen molar-refractivity contribution in [1.29, 1.82) is 15.8 Å². The Hall–Kier alpha value is -1.88. The molecule has 1 aromatic carbocycles. The molecule has 0 heterocycles. The number of nitriles is 3. The molecule has 1 atom stereocenters. The van der Waals surface area contributed by atoms with Crippen LogP contribution >= 0.6 is 9.24 Å². The Bertz CT molecular complexity index is 471. The standard InChI is InChI=1S/C9H4N3P/c10-3-6-1-2-9(13)8(5-12)7(6)4-11/h1-2H,13H2. The molecule has 0 aliphatic rings. The lowest BCUT2D eigenvalue weighted by atomic mass is 10.0. The van der Waals surface area contributed by atoms with Crippen molar-refractivity contribution in [3.05, 3.63) is 28.8 Å². The summed E-state index contributed by atoms with van der Waals surface area (Å²) in [4.78, 5) is 0. The highest BCUT2D eigenvalue weighted by Gasteiger charge is 2.09. The van der Waals surface area contributed by atoms with E-state index in [9.17, 15) is 0 Å². The van der Waals surface area contributed by atoms with Gasteiger partial charge < -0.3 is 0 Å². The Morgan fingerprint density at radius 3 is 2.00 bits per heavy atom. The van der Waals surface area contributed by atoms with Gasteiger partial charge in [-0.05, 0) is 11.4 Å². The summed E-state index contributed by atoms with van der Waals surface area (Å²) in [6.45, 7) is 0. The molecule has 0 saturated carbocycles. The second-order valence-corrected chi connectivity index (χ2v) is 2.91. The maximum Gasteiger partial charge on any atom is 0.102 e. The Balaban J connectivity index is 3.63. The molecule has 1 aromatic rings. The first-order chi connectivity index (χ1) is 6.24. The molecule has 0 radical (unpaired) electrons. The van der Waals surface area contributed by atoms with Gasteiger partial charge in [-0.2, -0.15) is 15.8 Å². The van der Waals surface area contributed by atoms with E-state index in [0.717, 1.165) is 0 Å². The van der Waals surface area contributed by atoms with Gasteiger partial charge in [0.1, 0.15) is 18.2 Å². The molecule has 1 unspecified atom stereocenters. The zero-order valence-corrected chi connectivity index (χ0v) is 7.73. The molecule has 0 aromatic heterocycles. The average molecular weight is 185 g/mol. The van der Waals surface area contributed by atoms with E-state index in [1.54, 1.807) is 6.07 Å².